The molecular weight excluding hydrogens is 444 g/mol. The van der Waals surface area contributed by atoms with Crippen LogP contribution in [0.5, 0.6) is 0 Å². The molecule has 0 atom stereocenters. The molecule has 8 heteroatoms. The van der Waals surface area contributed by atoms with Gasteiger partial charge in [0, 0.05) is 52.1 Å². The predicted molar refractivity (Wildman–Crippen MR) is 125 cm³/mol. The van der Waals surface area contributed by atoms with Crippen LogP contribution in [-0.2, 0) is 6.42 Å². The molecule has 2 aromatic carbocycles. The van der Waals surface area contributed by atoms with Crippen LogP contribution in [0.1, 0.15) is 30.1 Å². The molecule has 1 saturated carbocycles. The van der Waals surface area contributed by atoms with Crippen molar-refractivity contribution >= 4 is 39.2 Å². The smallest absolute Gasteiger partial charge is 0.146 e. The van der Waals surface area contributed by atoms with Crippen molar-refractivity contribution in [3.8, 4) is 11.1 Å². The average molecular weight is 462 g/mol. The lowest BCUT2D eigenvalue weighted by molar-refractivity contribution is 0.626. The van der Waals surface area contributed by atoms with Gasteiger partial charge < -0.3 is 10.3 Å². The van der Waals surface area contributed by atoms with Crippen molar-refractivity contribution in [2.45, 2.75) is 25.3 Å². The summed E-state index contributed by atoms with van der Waals surface area (Å²) in [5.74, 6) is -0.447. The number of anilines is 1. The van der Waals surface area contributed by atoms with E-state index in [1.165, 1.54) is 24.7 Å². The topological polar surface area (TPSA) is 69.6 Å². The Morgan fingerprint density at radius 2 is 1.88 bits per heavy atom. The van der Waals surface area contributed by atoms with Crippen LogP contribution in [0.3, 0.4) is 0 Å². The highest BCUT2D eigenvalue weighted by atomic mass is 35.5. The molecule has 1 aliphatic rings. The number of hydrogen-bond acceptors (Lipinski definition) is 4. The molecule has 2 N–H and O–H groups in total. The monoisotopic (exact) mass is 461 g/mol. The molecule has 0 saturated heterocycles. The van der Waals surface area contributed by atoms with Gasteiger partial charge in [-0.2, -0.15) is 0 Å². The minimum Gasteiger partial charge on any atom is -0.383 e. The van der Waals surface area contributed by atoms with Gasteiger partial charge in [-0.15, -0.1) is 0 Å². The van der Waals surface area contributed by atoms with Crippen molar-refractivity contribution < 1.29 is 8.78 Å². The lowest BCUT2D eigenvalue weighted by Crippen LogP contribution is -1.96. The Labute approximate surface area is 192 Å². The number of fused-ring (bicyclic) bond motifs is 2. The third-order valence-electron chi connectivity index (χ3n) is 6.07. The van der Waals surface area contributed by atoms with E-state index >= 15 is 4.39 Å². The summed E-state index contributed by atoms with van der Waals surface area (Å²) in [7, 11) is 0. The quantitative estimate of drug-likeness (QED) is 0.352. The van der Waals surface area contributed by atoms with E-state index in [1.54, 1.807) is 12.1 Å². The number of nitrogen functional groups attached to an aromatic ring is 1. The number of rotatable bonds is 4. The zero-order chi connectivity index (χ0) is 22.7. The maximum atomic E-state index is 15.7. The summed E-state index contributed by atoms with van der Waals surface area (Å²) < 4.78 is 31.4. The van der Waals surface area contributed by atoms with Gasteiger partial charge in [-0.05, 0) is 48.1 Å². The Hall–Kier alpha value is -3.58. The molecule has 5 nitrogen and oxygen atoms in total. The third kappa shape index (κ3) is 3.49. The fourth-order valence-electron chi connectivity index (χ4n) is 4.40. The fraction of sp³-hybridized carbons (Fsp3) is 0.160. The number of aromatic nitrogens is 4. The van der Waals surface area contributed by atoms with Gasteiger partial charge in [-0.3, -0.25) is 4.98 Å². The van der Waals surface area contributed by atoms with E-state index in [0.29, 0.717) is 61.8 Å². The number of hydrogen-bond donors (Lipinski definition) is 1. The van der Waals surface area contributed by atoms with E-state index in [9.17, 15) is 4.39 Å². The number of halogens is 3. The van der Waals surface area contributed by atoms with E-state index in [2.05, 4.69) is 19.5 Å². The van der Waals surface area contributed by atoms with E-state index in [1.807, 2.05) is 18.3 Å². The molecule has 6 rings (SSSR count). The molecule has 164 valence electrons. The Kier molecular flexibility index (Phi) is 4.55. The maximum Gasteiger partial charge on any atom is 0.146 e. The molecule has 3 heterocycles. The molecule has 0 radical (unpaired) electrons. The van der Waals surface area contributed by atoms with E-state index in [-0.39, 0.29) is 5.82 Å². The van der Waals surface area contributed by atoms with Gasteiger partial charge in [-0.25, -0.2) is 18.7 Å². The van der Waals surface area contributed by atoms with Gasteiger partial charge in [-0.1, -0.05) is 23.7 Å². The SMILES string of the molecule is Nc1ncnc2c1c(-c1ccc3cc(Cc4cc(F)cc(Cl)c4)ncc3c1F)cn2C1CC1. The number of nitrogens with zero attached hydrogens (tertiary/aromatic N) is 4. The Bertz CT molecular complexity index is 1540. The van der Waals surface area contributed by atoms with Gasteiger partial charge >= 0.3 is 0 Å². The zero-order valence-corrected chi connectivity index (χ0v) is 18.2. The highest BCUT2D eigenvalue weighted by molar-refractivity contribution is 6.30. The lowest BCUT2D eigenvalue weighted by atomic mass is 10.00. The second-order valence-electron chi connectivity index (χ2n) is 8.42. The first kappa shape index (κ1) is 20.1. The summed E-state index contributed by atoms with van der Waals surface area (Å²) >= 11 is 5.96. The van der Waals surface area contributed by atoms with Crippen molar-refractivity contribution in [2.24, 2.45) is 0 Å². The number of nitrogens with two attached hydrogens (primary N) is 1. The van der Waals surface area contributed by atoms with Crippen LogP contribution in [0.25, 0.3) is 32.9 Å². The highest BCUT2D eigenvalue weighted by Gasteiger charge is 2.28. The molecule has 0 amide bonds. The van der Waals surface area contributed by atoms with Gasteiger partial charge in [0.05, 0.1) is 5.39 Å². The first-order valence-corrected chi connectivity index (χ1v) is 11.0. The Morgan fingerprint density at radius 3 is 2.67 bits per heavy atom. The summed E-state index contributed by atoms with van der Waals surface area (Å²) in [5, 5.41) is 2.10. The van der Waals surface area contributed by atoms with Crippen molar-refractivity contribution in [3.05, 3.63) is 83.0 Å². The van der Waals surface area contributed by atoms with Gasteiger partial charge in [0.25, 0.3) is 0 Å². The predicted octanol–water partition coefficient (Wildman–Crippen LogP) is 6.09. The fourth-order valence-corrected chi connectivity index (χ4v) is 4.64. The summed E-state index contributed by atoms with van der Waals surface area (Å²) in [6.45, 7) is 0. The van der Waals surface area contributed by atoms with E-state index < -0.39 is 5.82 Å². The van der Waals surface area contributed by atoms with E-state index in [4.69, 9.17) is 17.3 Å². The highest BCUT2D eigenvalue weighted by Crippen LogP contribution is 2.43. The Morgan fingerprint density at radius 1 is 1.03 bits per heavy atom. The lowest BCUT2D eigenvalue weighted by Gasteiger charge is -2.09. The van der Waals surface area contributed by atoms with Gasteiger partial charge in [0.2, 0.25) is 0 Å². The molecule has 33 heavy (non-hydrogen) atoms. The van der Waals surface area contributed by atoms with E-state index in [0.717, 1.165) is 18.5 Å². The van der Waals surface area contributed by atoms with Crippen LogP contribution in [0.15, 0.2) is 55.1 Å². The normalized spacial score (nSPS) is 13.8. The van der Waals surface area contributed by atoms with Crippen molar-refractivity contribution in [2.75, 3.05) is 5.73 Å². The molecular formula is C25H18ClF2N5. The molecule has 1 fully saturated rings. The molecule has 0 aliphatic heterocycles. The minimum atomic E-state index is -0.400. The molecule has 0 bridgehead atoms. The van der Waals surface area contributed by atoms with Crippen molar-refractivity contribution in [1.82, 2.24) is 19.5 Å². The molecule has 0 unspecified atom stereocenters. The first-order chi connectivity index (χ1) is 16.0. The third-order valence-corrected chi connectivity index (χ3v) is 6.29. The number of pyridine rings is 1. The van der Waals surface area contributed by atoms with Crippen LogP contribution in [0.2, 0.25) is 5.02 Å². The molecule has 3 aromatic heterocycles. The largest absolute Gasteiger partial charge is 0.383 e. The van der Waals surface area contributed by atoms with Crippen molar-refractivity contribution in [1.29, 1.82) is 0 Å². The van der Waals surface area contributed by atoms with Crippen LogP contribution < -0.4 is 5.73 Å². The van der Waals surface area contributed by atoms with Crippen molar-refractivity contribution in [3.63, 3.8) is 0 Å². The molecule has 0 spiro atoms. The second kappa shape index (κ2) is 7.49. The molecule has 1 aliphatic carbocycles. The zero-order valence-electron chi connectivity index (χ0n) is 17.4. The summed E-state index contributed by atoms with van der Waals surface area (Å²) in [6.07, 6.45) is 7.40. The summed E-state index contributed by atoms with van der Waals surface area (Å²) in [4.78, 5) is 13.0. The first-order valence-electron chi connectivity index (χ1n) is 10.6. The summed E-state index contributed by atoms with van der Waals surface area (Å²) in [6, 6.07) is 10.2. The second-order valence-corrected chi connectivity index (χ2v) is 8.85. The van der Waals surface area contributed by atoms with Gasteiger partial charge in [0.15, 0.2) is 0 Å². The molecule has 5 aromatic rings. The van der Waals surface area contributed by atoms with Crippen LogP contribution in [-0.4, -0.2) is 19.5 Å². The Balaban J connectivity index is 1.44. The average Bonchev–Trinajstić information content (AvgIpc) is 3.54. The van der Waals surface area contributed by atoms with Crippen LogP contribution in [0, 0.1) is 11.6 Å². The van der Waals surface area contributed by atoms with Gasteiger partial charge in [0.1, 0.15) is 29.4 Å². The van der Waals surface area contributed by atoms with Crippen LogP contribution >= 0.6 is 11.6 Å². The standard InChI is InChI=1S/C25H18ClF2N5/c26-15-5-13(6-16(27)9-15)7-17-8-14-1-4-19(23(28)20(14)10-30-17)21-11-33(18-2-3-18)25-22(21)24(29)31-12-32-25/h1,4-6,8-12,18H,2-3,7H2,(H2,29,31,32). The number of benzene rings is 2. The van der Waals surface area contributed by atoms with Crippen LogP contribution in [0.4, 0.5) is 14.6 Å². The minimum absolute atomic E-state index is 0.329. The summed E-state index contributed by atoms with van der Waals surface area (Å²) in [5.41, 5.74) is 9.39. The maximum absolute atomic E-state index is 15.7.